The molecule has 0 aliphatic rings. The standard InChI is InChI=1S/C24H15Cl2N3O/c25-16-9-10-22(26)20(12-16)23-13-19(21(14-27)24(28)29-23)15-5-4-8-18(11-15)30-17-6-2-1-3-7-17/h1-13H,(H2,28,29). The molecule has 0 spiro atoms. The number of pyridine rings is 1. The Bertz CT molecular complexity index is 1270. The maximum absolute atomic E-state index is 9.68. The number of para-hydroxylation sites is 1. The zero-order valence-electron chi connectivity index (χ0n) is 15.6. The maximum atomic E-state index is 9.68. The number of hydrogen-bond donors (Lipinski definition) is 1. The van der Waals surface area contributed by atoms with E-state index in [2.05, 4.69) is 11.1 Å². The molecule has 6 heteroatoms. The van der Waals surface area contributed by atoms with Crippen LogP contribution in [-0.2, 0) is 0 Å². The zero-order chi connectivity index (χ0) is 21.1. The van der Waals surface area contributed by atoms with E-state index >= 15 is 0 Å². The molecular formula is C24H15Cl2N3O. The zero-order valence-corrected chi connectivity index (χ0v) is 17.2. The number of benzene rings is 3. The molecule has 4 aromatic rings. The van der Waals surface area contributed by atoms with E-state index in [1.165, 1.54) is 0 Å². The van der Waals surface area contributed by atoms with Crippen molar-refractivity contribution in [3.8, 4) is 40.0 Å². The lowest BCUT2D eigenvalue weighted by Gasteiger charge is -2.13. The van der Waals surface area contributed by atoms with Crippen molar-refractivity contribution in [2.24, 2.45) is 0 Å². The first-order valence-electron chi connectivity index (χ1n) is 9.04. The third kappa shape index (κ3) is 4.08. The number of halogens is 2. The van der Waals surface area contributed by atoms with Gasteiger partial charge in [-0.1, -0.05) is 53.5 Å². The van der Waals surface area contributed by atoms with E-state index < -0.39 is 0 Å². The highest BCUT2D eigenvalue weighted by Gasteiger charge is 2.16. The second kappa shape index (κ2) is 8.46. The van der Waals surface area contributed by atoms with E-state index in [4.69, 9.17) is 33.7 Å². The molecule has 0 saturated carbocycles. The number of nitriles is 1. The molecule has 0 atom stereocenters. The SMILES string of the molecule is N#Cc1c(-c2cccc(Oc3ccccc3)c2)cc(-c2cc(Cl)ccc2Cl)nc1N. The van der Waals surface area contributed by atoms with Gasteiger partial charge in [-0.2, -0.15) is 5.26 Å². The number of nitrogens with two attached hydrogens (primary N) is 1. The second-order valence-electron chi connectivity index (χ2n) is 6.49. The number of ether oxygens (including phenoxy) is 1. The van der Waals surface area contributed by atoms with Crippen molar-refractivity contribution >= 4 is 29.0 Å². The Kier molecular flexibility index (Phi) is 5.58. The number of nitrogens with zero attached hydrogens (tertiary/aromatic N) is 2. The van der Waals surface area contributed by atoms with Crippen molar-refractivity contribution in [3.05, 3.63) is 94.5 Å². The van der Waals surface area contributed by atoms with Crippen molar-refractivity contribution in [3.63, 3.8) is 0 Å². The molecule has 2 N–H and O–H groups in total. The van der Waals surface area contributed by atoms with Crippen molar-refractivity contribution in [2.75, 3.05) is 5.73 Å². The Labute approximate surface area is 184 Å². The van der Waals surface area contributed by atoms with Gasteiger partial charge in [0.15, 0.2) is 0 Å². The quantitative estimate of drug-likeness (QED) is 0.378. The molecule has 0 saturated heterocycles. The molecule has 0 aliphatic carbocycles. The molecule has 4 rings (SSSR count). The fourth-order valence-corrected chi connectivity index (χ4v) is 3.48. The summed E-state index contributed by atoms with van der Waals surface area (Å²) in [6, 6.07) is 26.0. The molecule has 0 fully saturated rings. The number of nitrogen functional groups attached to an aromatic ring is 1. The topological polar surface area (TPSA) is 71.9 Å². The Hall–Kier alpha value is -3.52. The molecule has 0 bridgehead atoms. The summed E-state index contributed by atoms with van der Waals surface area (Å²) in [5.74, 6) is 1.48. The predicted molar refractivity (Wildman–Crippen MR) is 121 cm³/mol. The van der Waals surface area contributed by atoms with Crippen LogP contribution in [0.25, 0.3) is 22.4 Å². The molecule has 0 unspecified atom stereocenters. The van der Waals surface area contributed by atoms with Gasteiger partial charge in [0.1, 0.15) is 28.9 Å². The number of aromatic nitrogens is 1. The van der Waals surface area contributed by atoms with Gasteiger partial charge in [-0.05, 0) is 54.1 Å². The highest BCUT2D eigenvalue weighted by molar-refractivity contribution is 6.35. The van der Waals surface area contributed by atoms with Gasteiger partial charge in [0, 0.05) is 16.1 Å². The van der Waals surface area contributed by atoms with Crippen molar-refractivity contribution in [1.29, 1.82) is 5.26 Å². The van der Waals surface area contributed by atoms with Crippen LogP contribution in [0.5, 0.6) is 11.5 Å². The molecule has 146 valence electrons. The largest absolute Gasteiger partial charge is 0.457 e. The lowest BCUT2D eigenvalue weighted by molar-refractivity contribution is 0.483. The number of hydrogen-bond acceptors (Lipinski definition) is 4. The summed E-state index contributed by atoms with van der Waals surface area (Å²) in [5.41, 5.74) is 8.98. The third-order valence-corrected chi connectivity index (χ3v) is 5.05. The number of rotatable bonds is 4. The first kappa shape index (κ1) is 19.8. The van der Waals surface area contributed by atoms with E-state index in [1.807, 2.05) is 54.6 Å². The molecule has 3 aromatic carbocycles. The van der Waals surface area contributed by atoms with Gasteiger partial charge in [-0.25, -0.2) is 4.98 Å². The van der Waals surface area contributed by atoms with E-state index in [0.717, 1.165) is 11.3 Å². The van der Waals surface area contributed by atoms with Crippen molar-refractivity contribution in [2.45, 2.75) is 0 Å². The molecular weight excluding hydrogens is 417 g/mol. The minimum absolute atomic E-state index is 0.121. The van der Waals surface area contributed by atoms with Gasteiger partial charge in [0.2, 0.25) is 0 Å². The van der Waals surface area contributed by atoms with Crippen LogP contribution >= 0.6 is 23.2 Å². The van der Waals surface area contributed by atoms with Gasteiger partial charge in [0.25, 0.3) is 0 Å². The average molecular weight is 432 g/mol. The Morgan fingerprint density at radius 2 is 1.60 bits per heavy atom. The van der Waals surface area contributed by atoms with Crippen LogP contribution in [0.15, 0.2) is 78.9 Å². The van der Waals surface area contributed by atoms with Gasteiger partial charge in [0.05, 0.1) is 10.7 Å². The van der Waals surface area contributed by atoms with Crippen LogP contribution in [-0.4, -0.2) is 4.98 Å². The molecule has 0 amide bonds. The van der Waals surface area contributed by atoms with Crippen molar-refractivity contribution < 1.29 is 4.74 Å². The summed E-state index contributed by atoms with van der Waals surface area (Å²) >= 11 is 12.5. The first-order chi connectivity index (χ1) is 14.5. The fraction of sp³-hybridized carbons (Fsp3) is 0. The maximum Gasteiger partial charge on any atom is 0.142 e. The number of anilines is 1. The van der Waals surface area contributed by atoms with E-state index in [9.17, 15) is 5.26 Å². The third-order valence-electron chi connectivity index (χ3n) is 4.49. The molecule has 1 aromatic heterocycles. The van der Waals surface area contributed by atoms with Crippen LogP contribution in [0.4, 0.5) is 5.82 Å². The van der Waals surface area contributed by atoms with Gasteiger partial charge in [-0.15, -0.1) is 0 Å². The Balaban J connectivity index is 1.82. The lowest BCUT2D eigenvalue weighted by atomic mass is 9.98. The highest BCUT2D eigenvalue weighted by Crippen LogP contribution is 2.36. The van der Waals surface area contributed by atoms with Crippen molar-refractivity contribution in [1.82, 2.24) is 4.98 Å². The molecule has 1 heterocycles. The Morgan fingerprint density at radius 3 is 2.37 bits per heavy atom. The fourth-order valence-electron chi connectivity index (χ4n) is 3.09. The van der Waals surface area contributed by atoms with Gasteiger partial charge < -0.3 is 10.5 Å². The minimum Gasteiger partial charge on any atom is -0.457 e. The smallest absolute Gasteiger partial charge is 0.142 e. The van der Waals surface area contributed by atoms with E-state index in [1.54, 1.807) is 24.3 Å². The van der Waals surface area contributed by atoms with Crippen LogP contribution in [0.2, 0.25) is 10.0 Å². The monoisotopic (exact) mass is 431 g/mol. The molecule has 0 radical (unpaired) electrons. The lowest BCUT2D eigenvalue weighted by Crippen LogP contribution is -2.00. The van der Waals surface area contributed by atoms with Crippen LogP contribution < -0.4 is 10.5 Å². The summed E-state index contributed by atoms with van der Waals surface area (Å²) in [4.78, 5) is 4.37. The normalized spacial score (nSPS) is 10.4. The molecule has 4 nitrogen and oxygen atoms in total. The Morgan fingerprint density at radius 1 is 0.833 bits per heavy atom. The summed E-state index contributed by atoms with van der Waals surface area (Å²) in [6.45, 7) is 0. The average Bonchev–Trinajstić information content (AvgIpc) is 2.76. The van der Waals surface area contributed by atoms with Gasteiger partial charge >= 0.3 is 0 Å². The summed E-state index contributed by atoms with van der Waals surface area (Å²) in [5, 5.41) is 10.7. The summed E-state index contributed by atoms with van der Waals surface area (Å²) in [6.07, 6.45) is 0. The van der Waals surface area contributed by atoms with E-state index in [-0.39, 0.29) is 11.4 Å². The van der Waals surface area contributed by atoms with Crippen LogP contribution in [0, 0.1) is 11.3 Å². The summed E-state index contributed by atoms with van der Waals surface area (Å²) < 4.78 is 5.93. The predicted octanol–water partition coefficient (Wildman–Crippen LogP) is 6.97. The molecule has 0 aliphatic heterocycles. The summed E-state index contributed by atoms with van der Waals surface area (Å²) in [7, 11) is 0. The van der Waals surface area contributed by atoms with E-state index in [0.29, 0.717) is 32.6 Å². The van der Waals surface area contributed by atoms with Crippen LogP contribution in [0.1, 0.15) is 5.56 Å². The highest BCUT2D eigenvalue weighted by atomic mass is 35.5. The second-order valence-corrected chi connectivity index (χ2v) is 7.34. The first-order valence-corrected chi connectivity index (χ1v) is 9.80. The van der Waals surface area contributed by atoms with Gasteiger partial charge in [-0.3, -0.25) is 0 Å². The minimum atomic E-state index is 0.121. The van der Waals surface area contributed by atoms with Crippen LogP contribution in [0.3, 0.4) is 0 Å². The molecule has 30 heavy (non-hydrogen) atoms.